The van der Waals surface area contributed by atoms with E-state index in [2.05, 4.69) is 25.3 Å². The highest BCUT2D eigenvalue weighted by Gasteiger charge is 2.14. The van der Waals surface area contributed by atoms with E-state index in [0.717, 1.165) is 24.2 Å². The fourth-order valence-corrected chi connectivity index (χ4v) is 2.11. The molecule has 0 fully saturated rings. The number of esters is 1. The third-order valence-electron chi connectivity index (χ3n) is 3.17. The van der Waals surface area contributed by atoms with Crippen molar-refractivity contribution in [2.75, 3.05) is 24.6 Å². The molecule has 0 aliphatic rings. The Kier molecular flexibility index (Phi) is 4.45. The molecule has 2 aromatic rings. The maximum Gasteiger partial charge on any atom is 0.374 e. The van der Waals surface area contributed by atoms with Crippen LogP contribution in [0.3, 0.4) is 0 Å². The molecule has 0 amide bonds. The number of carbonyl (C=O) groups excluding carboxylic acids is 1. The highest BCUT2D eigenvalue weighted by molar-refractivity contribution is 5.93. The first-order valence-electron chi connectivity index (χ1n) is 6.76. The van der Waals surface area contributed by atoms with Crippen molar-refractivity contribution in [3.8, 4) is 0 Å². The zero-order valence-corrected chi connectivity index (χ0v) is 11.9. The summed E-state index contributed by atoms with van der Waals surface area (Å²) in [4.78, 5) is 14.0. The van der Waals surface area contributed by atoms with Crippen LogP contribution in [0.5, 0.6) is 0 Å². The van der Waals surface area contributed by atoms with Crippen molar-refractivity contribution in [2.45, 2.75) is 13.8 Å². The third kappa shape index (κ3) is 2.85. The number of hydrogen-bond acceptors (Lipinski definition) is 4. The topological polar surface area (TPSA) is 42.7 Å². The molecule has 106 valence electrons. The minimum absolute atomic E-state index is 0.181. The van der Waals surface area contributed by atoms with Crippen molar-refractivity contribution < 1.29 is 13.9 Å². The largest absolute Gasteiger partial charge is 0.456 e. The minimum atomic E-state index is -0.467. The van der Waals surface area contributed by atoms with Crippen LogP contribution in [0.4, 0.5) is 5.69 Å². The third-order valence-corrected chi connectivity index (χ3v) is 3.17. The summed E-state index contributed by atoms with van der Waals surface area (Å²) in [6.45, 7) is 9.75. The zero-order chi connectivity index (χ0) is 14.5. The molecule has 0 unspecified atom stereocenters. The summed E-state index contributed by atoms with van der Waals surface area (Å²) in [6.07, 6.45) is 1.53. The van der Waals surface area contributed by atoms with Crippen LogP contribution in [-0.4, -0.2) is 25.7 Å². The lowest BCUT2D eigenvalue weighted by Crippen LogP contribution is -2.21. The number of carbonyl (C=O) groups is 1. The van der Waals surface area contributed by atoms with Crippen LogP contribution < -0.4 is 4.90 Å². The van der Waals surface area contributed by atoms with Crippen LogP contribution in [-0.2, 0) is 4.74 Å². The number of ether oxygens (including phenoxy) is 1. The summed E-state index contributed by atoms with van der Waals surface area (Å²) >= 11 is 0. The molecule has 4 nitrogen and oxygen atoms in total. The SMILES string of the molecule is C=CCOC(=O)c1cc2ccc(N(CC)CC)cc2o1. The summed E-state index contributed by atoms with van der Waals surface area (Å²) in [5, 5.41) is 0.895. The Morgan fingerprint density at radius 3 is 2.75 bits per heavy atom. The molecule has 4 heteroatoms. The number of rotatable bonds is 6. The van der Waals surface area contributed by atoms with E-state index in [4.69, 9.17) is 9.15 Å². The lowest BCUT2D eigenvalue weighted by molar-refractivity contribution is 0.0516. The van der Waals surface area contributed by atoms with Gasteiger partial charge in [-0.2, -0.15) is 0 Å². The van der Waals surface area contributed by atoms with Gasteiger partial charge in [-0.25, -0.2) is 4.79 Å². The molecule has 0 N–H and O–H groups in total. The molecule has 0 aliphatic heterocycles. The number of nitrogens with zero attached hydrogens (tertiary/aromatic N) is 1. The minimum Gasteiger partial charge on any atom is -0.456 e. The molecule has 0 saturated heterocycles. The maximum atomic E-state index is 11.7. The standard InChI is InChI=1S/C16H19NO3/c1-4-9-19-16(18)15-10-12-7-8-13(11-14(12)20-15)17(5-2)6-3/h4,7-8,10-11H,1,5-6,9H2,2-3H3. The van der Waals surface area contributed by atoms with Gasteiger partial charge in [0.1, 0.15) is 12.2 Å². The Hall–Kier alpha value is -2.23. The highest BCUT2D eigenvalue weighted by Crippen LogP contribution is 2.25. The van der Waals surface area contributed by atoms with Gasteiger partial charge in [0, 0.05) is 30.2 Å². The van der Waals surface area contributed by atoms with Gasteiger partial charge in [-0.15, -0.1) is 0 Å². The van der Waals surface area contributed by atoms with Crippen molar-refractivity contribution >= 4 is 22.6 Å². The lowest BCUT2D eigenvalue weighted by atomic mass is 10.2. The van der Waals surface area contributed by atoms with Gasteiger partial charge < -0.3 is 14.1 Å². The van der Waals surface area contributed by atoms with Gasteiger partial charge in [0.05, 0.1) is 0 Å². The Labute approximate surface area is 118 Å². The molecule has 0 saturated carbocycles. The molecule has 0 radical (unpaired) electrons. The van der Waals surface area contributed by atoms with Crippen LogP contribution in [0.2, 0.25) is 0 Å². The van der Waals surface area contributed by atoms with Crippen molar-refractivity contribution in [2.24, 2.45) is 0 Å². The Morgan fingerprint density at radius 2 is 2.10 bits per heavy atom. The summed E-state index contributed by atoms with van der Waals surface area (Å²) in [5.41, 5.74) is 1.78. The first-order chi connectivity index (χ1) is 9.69. The van der Waals surface area contributed by atoms with Gasteiger partial charge in [-0.1, -0.05) is 12.7 Å². The smallest absolute Gasteiger partial charge is 0.374 e. The van der Waals surface area contributed by atoms with Gasteiger partial charge in [-0.3, -0.25) is 0 Å². The van der Waals surface area contributed by atoms with Crippen molar-refractivity contribution in [3.63, 3.8) is 0 Å². The van der Waals surface area contributed by atoms with Gasteiger partial charge in [0.2, 0.25) is 5.76 Å². The molecule has 1 aromatic carbocycles. The van der Waals surface area contributed by atoms with Crippen LogP contribution in [0, 0.1) is 0 Å². The molecule has 0 aliphatic carbocycles. The summed E-state index contributed by atoms with van der Waals surface area (Å²) in [6, 6.07) is 7.64. The summed E-state index contributed by atoms with van der Waals surface area (Å²) in [5.74, 6) is -0.246. The average Bonchev–Trinajstić information content (AvgIpc) is 2.89. The first kappa shape index (κ1) is 14.2. The second-order valence-corrected chi connectivity index (χ2v) is 4.39. The van der Waals surface area contributed by atoms with Crippen molar-refractivity contribution in [3.05, 3.63) is 42.7 Å². The Balaban J connectivity index is 2.30. The number of anilines is 1. The molecule has 1 heterocycles. The van der Waals surface area contributed by atoms with Gasteiger partial charge in [0.15, 0.2) is 0 Å². The Bertz CT molecular complexity index is 611. The summed E-state index contributed by atoms with van der Waals surface area (Å²) in [7, 11) is 0. The number of furan rings is 1. The monoisotopic (exact) mass is 273 g/mol. The quantitative estimate of drug-likeness (QED) is 0.595. The van der Waals surface area contributed by atoms with Gasteiger partial charge in [-0.05, 0) is 32.0 Å². The second kappa shape index (κ2) is 6.28. The van der Waals surface area contributed by atoms with E-state index < -0.39 is 5.97 Å². The normalized spacial score (nSPS) is 10.5. The van der Waals surface area contributed by atoms with Crippen molar-refractivity contribution in [1.29, 1.82) is 0 Å². The fraction of sp³-hybridized carbons (Fsp3) is 0.312. The highest BCUT2D eigenvalue weighted by atomic mass is 16.5. The van der Waals surface area contributed by atoms with E-state index in [9.17, 15) is 4.79 Å². The van der Waals surface area contributed by atoms with Crippen LogP contribution in [0.25, 0.3) is 11.0 Å². The van der Waals surface area contributed by atoms with Crippen LogP contribution in [0.1, 0.15) is 24.4 Å². The van der Waals surface area contributed by atoms with Crippen molar-refractivity contribution in [1.82, 2.24) is 0 Å². The van der Waals surface area contributed by atoms with Gasteiger partial charge >= 0.3 is 5.97 Å². The number of benzene rings is 1. The molecule has 20 heavy (non-hydrogen) atoms. The molecule has 0 atom stereocenters. The summed E-state index contributed by atoms with van der Waals surface area (Å²) < 4.78 is 10.5. The molecular formula is C16H19NO3. The molecule has 2 rings (SSSR count). The fourth-order valence-electron chi connectivity index (χ4n) is 2.11. The van der Waals surface area contributed by atoms with Crippen LogP contribution >= 0.6 is 0 Å². The predicted octanol–water partition coefficient (Wildman–Crippen LogP) is 3.62. The molecule has 1 aromatic heterocycles. The first-order valence-corrected chi connectivity index (χ1v) is 6.76. The van der Waals surface area contributed by atoms with E-state index in [0.29, 0.717) is 5.58 Å². The zero-order valence-electron chi connectivity index (χ0n) is 11.9. The molecule has 0 bridgehead atoms. The van der Waals surface area contributed by atoms with E-state index in [-0.39, 0.29) is 12.4 Å². The second-order valence-electron chi connectivity index (χ2n) is 4.39. The van der Waals surface area contributed by atoms with E-state index in [1.54, 1.807) is 6.07 Å². The number of hydrogen-bond donors (Lipinski definition) is 0. The van der Waals surface area contributed by atoms with E-state index in [1.807, 2.05) is 18.2 Å². The number of fused-ring (bicyclic) bond motifs is 1. The van der Waals surface area contributed by atoms with E-state index >= 15 is 0 Å². The molecule has 0 spiro atoms. The average molecular weight is 273 g/mol. The van der Waals surface area contributed by atoms with Gasteiger partial charge in [0.25, 0.3) is 0 Å². The Morgan fingerprint density at radius 1 is 1.35 bits per heavy atom. The van der Waals surface area contributed by atoms with E-state index in [1.165, 1.54) is 6.08 Å². The van der Waals surface area contributed by atoms with Crippen LogP contribution in [0.15, 0.2) is 41.3 Å². The maximum absolute atomic E-state index is 11.7. The predicted molar refractivity (Wildman–Crippen MR) is 80.3 cm³/mol. The lowest BCUT2D eigenvalue weighted by Gasteiger charge is -2.20. The molecular weight excluding hydrogens is 254 g/mol.